The monoisotopic (exact) mass is 1260 g/mol. The van der Waals surface area contributed by atoms with E-state index in [1.807, 2.05) is 113 Å². The fourth-order valence-electron chi connectivity index (χ4n) is 11.0. The molecule has 0 amide bonds. The molecule has 3 heterocycles. The predicted octanol–water partition coefficient (Wildman–Crippen LogP) is 19.1. The molecule has 0 radical (unpaired) electrons. The average molecular weight is 1260 g/mol. The van der Waals surface area contributed by atoms with Crippen LogP contribution in [0, 0.1) is 32.2 Å². The zero-order valence-electron chi connectivity index (χ0n) is 67.6. The predicted molar refractivity (Wildman–Crippen MR) is 333 cm³/mol. The first-order chi connectivity index (χ1) is 46.5. The van der Waals surface area contributed by atoms with Gasteiger partial charge in [-0.05, 0) is 155 Å². The second kappa shape index (κ2) is 20.0. The standard InChI is InChI=1S/C75H74N4O.Pt/c1-47-21-18-22-48(2)69(47)51-30-34-65-67(39-51)77(55-25-20-26-56(43-55)80-57-31-32-59-58-27-16-17-28-64(58)79(66(59)44-57)68-42-53(35-36-76-68)72(6,7)8)46-78(65)70-60(49-23-19-24-52(37-49)71(3,4)5)40-54(73(9,10)11)41-61(70)50-29-33-62-63(38-50)75(14,15)45-74(62,12)13;/h16-42H,45H2,1-15H3;/q-2;/i1D3,2D3,12D3,13D3,14D3,15D3,29D,33D,38D;. The number of fused-ring (bicyclic) bond motifs is 5. The zero-order chi connectivity index (χ0) is 74.0. The van der Waals surface area contributed by atoms with Crippen molar-refractivity contribution in [2.45, 2.75) is 137 Å². The van der Waals surface area contributed by atoms with Crippen LogP contribution in [0.2, 0.25) is 0 Å². The van der Waals surface area contributed by atoms with Crippen molar-refractivity contribution in [3.05, 3.63) is 221 Å². The SMILES string of the molecule is [2H]c1c([2H])c2c(c([2H])c1-c1cc(C(C)(C)C)cc(-c3cccc(C(C)(C)C)c3)c1-[n+]1[c-]n(-c3[c-]c(Oc4[c-]c5c(cc4)c4ccccc4n5-c4cc(C(C)(C)C)ccn4)ccc3)c3cc(-c4c(C([2H])([2H])[2H])cccc4C([2H])([2H])[2H])ccc31)C(C([2H])([2H])[2H])(C([2H])([2H])[2H])CC2(C([2H])([2H])[2H])C([2H])([2H])[2H].[Pt]. The number of aromatic nitrogens is 4. The number of pyridine rings is 1. The van der Waals surface area contributed by atoms with E-state index in [2.05, 4.69) is 45.3 Å². The maximum absolute atomic E-state index is 10.5. The smallest absolute Gasteiger partial charge is 0.268 e. The quantitative estimate of drug-likeness (QED) is 0.112. The fraction of sp³-hybridized carbons (Fsp3) is 0.280. The number of para-hydroxylation sites is 1. The summed E-state index contributed by atoms with van der Waals surface area (Å²) in [6.07, 6.45) is 3.70. The van der Waals surface area contributed by atoms with E-state index in [0.29, 0.717) is 33.8 Å². The molecule has 0 atom stereocenters. The Hall–Kier alpha value is -7.33. The van der Waals surface area contributed by atoms with Crippen molar-refractivity contribution in [2.24, 2.45) is 0 Å². The van der Waals surface area contributed by atoms with E-state index >= 15 is 0 Å². The number of nitrogens with zero attached hydrogens (tertiary/aromatic N) is 4. The summed E-state index contributed by atoms with van der Waals surface area (Å²) in [5.74, 6) is 1.13. The van der Waals surface area contributed by atoms with E-state index in [1.165, 1.54) is 18.2 Å². The van der Waals surface area contributed by atoms with Crippen molar-refractivity contribution in [2.75, 3.05) is 0 Å². The Kier molecular flexibility index (Phi) is 8.76. The number of hydrogen-bond donors (Lipinski definition) is 0. The molecule has 12 rings (SSSR count). The summed E-state index contributed by atoms with van der Waals surface area (Å²) in [7, 11) is 0. The minimum atomic E-state index is -3.77. The summed E-state index contributed by atoms with van der Waals surface area (Å²) in [5, 5.41) is 1.83. The van der Waals surface area contributed by atoms with Crippen LogP contribution in [0.1, 0.15) is 164 Å². The third kappa shape index (κ3) is 9.98. The Balaban J connectivity index is 0.0000105. The number of benzene rings is 8. The van der Waals surface area contributed by atoms with E-state index < -0.39 is 104 Å². The maximum Gasteiger partial charge on any atom is 0.268 e. The van der Waals surface area contributed by atoms with Gasteiger partial charge in [-0.15, -0.1) is 29.7 Å². The Morgan fingerprint density at radius 1 is 0.593 bits per heavy atom. The molecule has 412 valence electrons. The second-order valence-electron chi connectivity index (χ2n) is 24.3. The van der Waals surface area contributed by atoms with Crippen molar-refractivity contribution in [1.82, 2.24) is 14.1 Å². The minimum absolute atomic E-state index is 0. The van der Waals surface area contributed by atoms with E-state index in [9.17, 15) is 4.11 Å². The van der Waals surface area contributed by atoms with E-state index in [4.69, 9.17) is 34.4 Å². The van der Waals surface area contributed by atoms with Crippen molar-refractivity contribution in [3.63, 3.8) is 0 Å². The van der Waals surface area contributed by atoms with Crippen molar-refractivity contribution >= 4 is 32.8 Å². The number of imidazole rings is 1. The van der Waals surface area contributed by atoms with Crippen LogP contribution >= 0.6 is 0 Å². The molecule has 0 bridgehead atoms. The minimum Gasteiger partial charge on any atom is -0.510 e. The van der Waals surface area contributed by atoms with Gasteiger partial charge in [-0.3, -0.25) is 4.57 Å². The molecular formula is C75H74N4OPt-2. The summed E-state index contributed by atoms with van der Waals surface area (Å²) < 4.78 is 203. The van der Waals surface area contributed by atoms with Gasteiger partial charge in [0.15, 0.2) is 0 Å². The Bertz CT molecular complexity index is 5100. The first kappa shape index (κ1) is 35.5. The molecule has 0 N–H and O–H groups in total. The first-order valence-corrected chi connectivity index (χ1v) is 26.7. The van der Waals surface area contributed by atoms with Crippen LogP contribution in [-0.4, -0.2) is 14.1 Å². The van der Waals surface area contributed by atoms with Crippen LogP contribution < -0.4 is 9.30 Å². The van der Waals surface area contributed by atoms with Gasteiger partial charge in [0.2, 0.25) is 0 Å². The second-order valence-corrected chi connectivity index (χ2v) is 24.3. The van der Waals surface area contributed by atoms with Crippen LogP contribution in [0.5, 0.6) is 11.5 Å². The molecule has 0 saturated carbocycles. The topological polar surface area (TPSA) is 35.9 Å². The van der Waals surface area contributed by atoms with Gasteiger partial charge in [-0.2, -0.15) is 18.2 Å². The maximum atomic E-state index is 10.5. The number of ether oxygens (including phenoxy) is 1. The van der Waals surface area contributed by atoms with Gasteiger partial charge >= 0.3 is 0 Å². The number of rotatable bonds is 8. The molecule has 1 aliphatic rings. The molecule has 1 aliphatic carbocycles. The van der Waals surface area contributed by atoms with Gasteiger partial charge in [0.05, 0.1) is 20.8 Å². The molecule has 0 spiro atoms. The molecule has 0 fully saturated rings. The number of hydrogen-bond acceptors (Lipinski definition) is 2. The molecule has 0 unspecified atom stereocenters. The summed E-state index contributed by atoms with van der Waals surface area (Å²) in [6, 6.07) is 44.6. The van der Waals surface area contributed by atoms with Gasteiger partial charge in [-0.25, -0.2) is 4.98 Å². The summed E-state index contributed by atoms with van der Waals surface area (Å²) in [5.41, 5.74) is -5.71. The summed E-state index contributed by atoms with van der Waals surface area (Å²) in [6.45, 7) is -2.55. The molecule has 5 nitrogen and oxygen atoms in total. The van der Waals surface area contributed by atoms with Crippen molar-refractivity contribution in [3.8, 4) is 62.1 Å². The Morgan fingerprint density at radius 3 is 2.00 bits per heavy atom. The Morgan fingerprint density at radius 2 is 1.27 bits per heavy atom. The van der Waals surface area contributed by atoms with Gasteiger partial charge in [0.1, 0.15) is 5.82 Å². The third-order valence-corrected chi connectivity index (χ3v) is 15.3. The molecule has 3 aromatic heterocycles. The van der Waals surface area contributed by atoms with Crippen LogP contribution in [0.4, 0.5) is 0 Å². The van der Waals surface area contributed by atoms with Crippen LogP contribution in [0.15, 0.2) is 164 Å². The van der Waals surface area contributed by atoms with Gasteiger partial charge in [0, 0.05) is 69.0 Å². The van der Waals surface area contributed by atoms with E-state index in [0.717, 1.165) is 27.4 Å². The average Bonchev–Trinajstić information content (AvgIpc) is 1.48. The third-order valence-electron chi connectivity index (χ3n) is 15.3. The molecule has 81 heavy (non-hydrogen) atoms. The number of aryl methyl sites for hydroxylation is 2. The molecule has 0 aliphatic heterocycles. The molecule has 0 saturated heterocycles. The van der Waals surface area contributed by atoms with Crippen LogP contribution in [-0.2, 0) is 48.1 Å². The Labute approximate surface area is 524 Å². The molecule has 11 aromatic rings. The van der Waals surface area contributed by atoms with Crippen LogP contribution in [0.25, 0.3) is 83.4 Å². The fourth-order valence-corrected chi connectivity index (χ4v) is 11.0. The largest absolute Gasteiger partial charge is 0.510 e. The normalized spacial score (nSPS) is 18.9. The summed E-state index contributed by atoms with van der Waals surface area (Å²) >= 11 is 0. The van der Waals surface area contributed by atoms with Gasteiger partial charge in [0.25, 0.3) is 6.33 Å². The molecule has 6 heteroatoms. The van der Waals surface area contributed by atoms with Gasteiger partial charge in [-0.1, -0.05) is 198 Å². The molecular weight excluding hydrogens is 1170 g/mol. The van der Waals surface area contributed by atoms with Crippen molar-refractivity contribution in [1.29, 1.82) is 0 Å². The first-order valence-electron chi connectivity index (χ1n) is 37.2. The summed E-state index contributed by atoms with van der Waals surface area (Å²) in [4.78, 5) is 4.83. The van der Waals surface area contributed by atoms with E-state index in [1.54, 1.807) is 63.9 Å². The van der Waals surface area contributed by atoms with Crippen molar-refractivity contribution < 1.29 is 59.2 Å². The van der Waals surface area contributed by atoms with E-state index in [-0.39, 0.29) is 82.5 Å². The zero-order valence-corrected chi connectivity index (χ0v) is 48.8. The molecule has 8 aromatic carbocycles. The van der Waals surface area contributed by atoms with Crippen LogP contribution in [0.3, 0.4) is 0 Å². The van der Waals surface area contributed by atoms with Gasteiger partial charge < -0.3 is 13.9 Å².